The van der Waals surface area contributed by atoms with Crippen molar-refractivity contribution < 1.29 is 22.8 Å². The van der Waals surface area contributed by atoms with Gasteiger partial charge in [-0.25, -0.2) is 0 Å². The van der Waals surface area contributed by atoms with E-state index in [1.807, 2.05) is 6.07 Å². The number of morpholine rings is 1. The molecule has 0 bridgehead atoms. The summed E-state index contributed by atoms with van der Waals surface area (Å²) in [6.45, 7) is 11.7. The van der Waals surface area contributed by atoms with Crippen LogP contribution in [0.25, 0.3) is 0 Å². The van der Waals surface area contributed by atoms with E-state index >= 15 is 0 Å². The van der Waals surface area contributed by atoms with E-state index in [0.29, 0.717) is 23.4 Å². The van der Waals surface area contributed by atoms with Crippen LogP contribution in [0.15, 0.2) is 30.9 Å². The number of benzene rings is 1. The van der Waals surface area contributed by atoms with Crippen LogP contribution < -0.4 is 4.72 Å². The van der Waals surface area contributed by atoms with E-state index in [1.165, 1.54) is 36.8 Å². The van der Waals surface area contributed by atoms with E-state index in [0.717, 1.165) is 71.4 Å². The zero-order chi connectivity index (χ0) is 27.0. The van der Waals surface area contributed by atoms with Gasteiger partial charge in [-0.05, 0) is 103 Å². The van der Waals surface area contributed by atoms with Gasteiger partial charge in [-0.1, -0.05) is 38.3 Å². The van der Waals surface area contributed by atoms with Crippen molar-refractivity contribution in [3.05, 3.63) is 42.0 Å². The Bertz CT molecular complexity index is 1100. The van der Waals surface area contributed by atoms with Crippen LogP contribution in [0.4, 0.5) is 5.69 Å². The number of hydrogen-bond acceptors (Lipinski definition) is 5. The highest BCUT2D eigenvalue weighted by Gasteiger charge is 2.63. The van der Waals surface area contributed by atoms with Gasteiger partial charge in [0.1, 0.15) is 0 Å². The Hall–Kier alpha value is -1.45. The average Bonchev–Trinajstić information content (AvgIpc) is 3.19. The first-order chi connectivity index (χ1) is 18.2. The molecular formula is C30H46N2O5S. The van der Waals surface area contributed by atoms with Crippen LogP contribution in [-0.2, 0) is 21.5 Å². The van der Waals surface area contributed by atoms with Crippen molar-refractivity contribution in [2.45, 2.75) is 83.2 Å². The molecule has 5 rings (SSSR count). The summed E-state index contributed by atoms with van der Waals surface area (Å²) in [5.74, 6) is 1.17. The lowest BCUT2D eigenvalue weighted by Gasteiger charge is -2.60. The van der Waals surface area contributed by atoms with Gasteiger partial charge in [0, 0.05) is 13.1 Å². The Morgan fingerprint density at radius 1 is 1.18 bits per heavy atom. The smallest absolute Gasteiger partial charge is 0.357 e. The molecule has 0 spiro atoms. The van der Waals surface area contributed by atoms with Crippen LogP contribution in [0.2, 0.25) is 0 Å². The minimum absolute atomic E-state index is 0.0590. The molecule has 3 aliphatic carbocycles. The minimum Gasteiger partial charge on any atom is -0.393 e. The van der Waals surface area contributed by atoms with Crippen molar-refractivity contribution in [3.63, 3.8) is 0 Å². The van der Waals surface area contributed by atoms with Gasteiger partial charge >= 0.3 is 10.3 Å². The van der Waals surface area contributed by atoms with Crippen molar-refractivity contribution in [2.75, 3.05) is 37.6 Å². The highest BCUT2D eigenvalue weighted by atomic mass is 32.2. The molecule has 8 heteroatoms. The number of aryl methyl sites for hydroxylation is 1. The fourth-order valence-electron chi connectivity index (χ4n) is 8.84. The maximum Gasteiger partial charge on any atom is 0.357 e. The molecule has 7 nitrogen and oxygen atoms in total. The molecule has 0 amide bonds. The molecule has 0 aromatic heterocycles. The lowest BCUT2D eigenvalue weighted by Crippen LogP contribution is -2.54. The zero-order valence-electron chi connectivity index (χ0n) is 22.9. The lowest BCUT2D eigenvalue weighted by molar-refractivity contribution is -0.0812. The van der Waals surface area contributed by atoms with Crippen LogP contribution >= 0.6 is 0 Å². The van der Waals surface area contributed by atoms with Crippen molar-refractivity contribution in [3.8, 4) is 0 Å². The molecule has 1 aromatic carbocycles. The van der Waals surface area contributed by atoms with Gasteiger partial charge in [0.05, 0.1) is 25.0 Å². The second kappa shape index (κ2) is 11.2. The van der Waals surface area contributed by atoms with Gasteiger partial charge < -0.3 is 9.84 Å². The molecule has 3 N–H and O–H groups in total. The van der Waals surface area contributed by atoms with Crippen molar-refractivity contribution >= 4 is 16.0 Å². The third kappa shape index (κ3) is 5.44. The standard InChI is InChI=1S/C30H46N2O5S/c1-3-30-14-13-22-20-24(31-38(34,35)36)9-10-25(22)28(30)23(21-29(2)26(30)11-12-27(29)33)8-6-4-5-7-15-32-16-18-37-19-17-32/h3,9-10,20,23,26-28,31,33H,1,4-8,11-19,21H2,2H3,(H,34,35,36)/t23-,26?,27-,28?,29-,30?/m0/s1. The molecule has 1 heterocycles. The molecule has 6 atom stereocenters. The third-order valence-corrected chi connectivity index (χ3v) is 11.0. The number of aliphatic hydroxyl groups excluding tert-OH is 1. The molecule has 3 unspecified atom stereocenters. The van der Waals surface area contributed by atoms with Crippen LogP contribution in [0, 0.1) is 22.7 Å². The van der Waals surface area contributed by atoms with Gasteiger partial charge in [-0.2, -0.15) is 8.42 Å². The minimum atomic E-state index is -4.31. The maximum atomic E-state index is 11.4. The SMILES string of the molecule is C=CC12CCc3cc(NS(=O)(=O)O)ccc3C1[C@@H](CCCCCCN1CCOCC1)C[C@@]1(C)C2CC[C@@H]1O. The third-order valence-electron chi connectivity index (χ3n) is 10.5. The van der Waals surface area contributed by atoms with E-state index < -0.39 is 10.3 Å². The highest BCUT2D eigenvalue weighted by Crippen LogP contribution is 2.69. The Morgan fingerprint density at radius 2 is 1.95 bits per heavy atom. The second-order valence-corrected chi connectivity index (χ2v) is 13.7. The van der Waals surface area contributed by atoms with Crippen molar-refractivity contribution in [1.29, 1.82) is 0 Å². The molecule has 38 heavy (non-hydrogen) atoms. The number of unbranched alkanes of at least 4 members (excludes halogenated alkanes) is 3. The number of allylic oxidation sites excluding steroid dienone is 1. The number of fused-ring (bicyclic) bond motifs is 5. The quantitative estimate of drug-likeness (QED) is 0.212. The van der Waals surface area contributed by atoms with Crippen LogP contribution in [0.5, 0.6) is 0 Å². The Morgan fingerprint density at radius 3 is 2.68 bits per heavy atom. The number of rotatable bonds is 10. The second-order valence-electron chi connectivity index (χ2n) is 12.6. The molecule has 1 aliphatic heterocycles. The first kappa shape index (κ1) is 28.1. The van der Waals surface area contributed by atoms with Gasteiger partial charge in [0.15, 0.2) is 0 Å². The van der Waals surface area contributed by atoms with Crippen molar-refractivity contribution in [2.24, 2.45) is 22.7 Å². The predicted octanol–water partition coefficient (Wildman–Crippen LogP) is 5.18. The Kier molecular flexibility index (Phi) is 8.28. The van der Waals surface area contributed by atoms with E-state index in [-0.39, 0.29) is 16.9 Å². The van der Waals surface area contributed by atoms with Crippen LogP contribution in [0.3, 0.4) is 0 Å². The van der Waals surface area contributed by atoms with Gasteiger partial charge in [0.25, 0.3) is 0 Å². The van der Waals surface area contributed by atoms with Crippen LogP contribution in [-0.4, -0.2) is 61.9 Å². The zero-order valence-corrected chi connectivity index (χ0v) is 23.7. The summed E-state index contributed by atoms with van der Waals surface area (Å²) in [7, 11) is -4.31. The fourth-order valence-corrected chi connectivity index (χ4v) is 9.26. The summed E-state index contributed by atoms with van der Waals surface area (Å²) in [5, 5.41) is 11.2. The van der Waals surface area contributed by atoms with Crippen molar-refractivity contribution in [1.82, 2.24) is 4.90 Å². The summed E-state index contributed by atoms with van der Waals surface area (Å²) in [5.41, 5.74) is 2.73. The summed E-state index contributed by atoms with van der Waals surface area (Å²) in [4.78, 5) is 2.51. The summed E-state index contributed by atoms with van der Waals surface area (Å²) in [6.07, 6.45) is 12.7. The molecule has 2 saturated carbocycles. The molecule has 0 radical (unpaired) electrons. The highest BCUT2D eigenvalue weighted by molar-refractivity contribution is 7.87. The van der Waals surface area contributed by atoms with Crippen LogP contribution in [0.1, 0.15) is 81.8 Å². The Balaban J connectivity index is 1.34. The predicted molar refractivity (Wildman–Crippen MR) is 151 cm³/mol. The van der Waals surface area contributed by atoms with E-state index in [9.17, 15) is 18.1 Å². The molecule has 1 aromatic rings. The molecule has 3 fully saturated rings. The average molecular weight is 547 g/mol. The normalized spacial score (nSPS) is 35.2. The first-order valence-electron chi connectivity index (χ1n) is 14.7. The molecule has 4 aliphatic rings. The van der Waals surface area contributed by atoms with Gasteiger partial charge in [-0.15, -0.1) is 6.58 Å². The topological polar surface area (TPSA) is 99.1 Å². The van der Waals surface area contributed by atoms with Gasteiger partial charge in [-0.3, -0.25) is 14.2 Å². The van der Waals surface area contributed by atoms with E-state index in [1.54, 1.807) is 6.07 Å². The number of nitrogens with zero attached hydrogens (tertiary/aromatic N) is 1. The number of nitrogens with one attached hydrogen (secondary N) is 1. The number of ether oxygens (including phenoxy) is 1. The van der Waals surface area contributed by atoms with E-state index in [2.05, 4.69) is 35.3 Å². The maximum absolute atomic E-state index is 11.4. The summed E-state index contributed by atoms with van der Waals surface area (Å²) >= 11 is 0. The monoisotopic (exact) mass is 546 g/mol. The lowest BCUT2D eigenvalue weighted by atomic mass is 9.44. The number of hydrogen-bond donors (Lipinski definition) is 3. The van der Waals surface area contributed by atoms with Gasteiger partial charge in [0.2, 0.25) is 0 Å². The first-order valence-corrected chi connectivity index (χ1v) is 16.1. The molecular weight excluding hydrogens is 500 g/mol. The fraction of sp³-hybridized carbons (Fsp3) is 0.733. The largest absolute Gasteiger partial charge is 0.393 e. The molecule has 1 saturated heterocycles. The Labute approximate surface area is 228 Å². The molecule has 212 valence electrons. The summed E-state index contributed by atoms with van der Waals surface area (Å²) in [6, 6.07) is 5.76. The van der Waals surface area contributed by atoms with E-state index in [4.69, 9.17) is 4.74 Å². The number of aliphatic hydroxyl groups is 1. The number of anilines is 1. The summed E-state index contributed by atoms with van der Waals surface area (Å²) < 4.78 is 39.8.